The fourth-order valence-corrected chi connectivity index (χ4v) is 3.35. The summed E-state index contributed by atoms with van der Waals surface area (Å²) in [7, 11) is 0. The van der Waals surface area contributed by atoms with Crippen LogP contribution < -0.4 is 5.32 Å². The summed E-state index contributed by atoms with van der Waals surface area (Å²) in [6, 6.07) is 21.4. The van der Waals surface area contributed by atoms with E-state index >= 15 is 0 Å². The van der Waals surface area contributed by atoms with Crippen molar-refractivity contribution in [2.75, 3.05) is 5.32 Å². The van der Waals surface area contributed by atoms with E-state index in [9.17, 15) is 4.79 Å². The third kappa shape index (κ3) is 2.23. The van der Waals surface area contributed by atoms with Crippen molar-refractivity contribution in [3.05, 3.63) is 72.3 Å². The lowest BCUT2D eigenvalue weighted by Crippen LogP contribution is -2.11. The molecule has 0 aliphatic rings. The number of carbonyl (C=O) groups excluding carboxylic acids is 1. The molecule has 0 aliphatic heterocycles. The zero-order valence-corrected chi connectivity index (χ0v) is 12.4. The largest absolute Gasteiger partial charge is 0.298 e. The van der Waals surface area contributed by atoms with Gasteiger partial charge in [-0.3, -0.25) is 10.1 Å². The smallest absolute Gasteiger partial charge is 0.257 e. The van der Waals surface area contributed by atoms with Crippen molar-refractivity contribution in [1.29, 1.82) is 0 Å². The van der Waals surface area contributed by atoms with Crippen LogP contribution in [0.5, 0.6) is 0 Å². The van der Waals surface area contributed by atoms with Gasteiger partial charge in [-0.1, -0.05) is 59.9 Å². The van der Waals surface area contributed by atoms with Crippen molar-refractivity contribution in [3.63, 3.8) is 0 Å². The SMILES string of the molecule is O=C(Nc1nc2c(ccc3ccccc32)s1)c1ccccc1. The van der Waals surface area contributed by atoms with Crippen molar-refractivity contribution in [2.45, 2.75) is 0 Å². The van der Waals surface area contributed by atoms with Gasteiger partial charge >= 0.3 is 0 Å². The minimum absolute atomic E-state index is 0.135. The zero-order valence-electron chi connectivity index (χ0n) is 11.6. The maximum Gasteiger partial charge on any atom is 0.257 e. The lowest BCUT2D eigenvalue weighted by atomic mass is 10.1. The first kappa shape index (κ1) is 13.0. The van der Waals surface area contributed by atoms with Crippen LogP contribution in [0, 0.1) is 0 Å². The zero-order chi connectivity index (χ0) is 14.9. The number of nitrogens with zero attached hydrogens (tertiary/aromatic N) is 1. The average Bonchev–Trinajstić information content (AvgIpc) is 2.98. The molecule has 0 radical (unpaired) electrons. The van der Waals surface area contributed by atoms with Crippen LogP contribution in [-0.4, -0.2) is 10.9 Å². The molecule has 1 aromatic heterocycles. The summed E-state index contributed by atoms with van der Waals surface area (Å²) in [6.45, 7) is 0. The summed E-state index contributed by atoms with van der Waals surface area (Å²) in [5, 5.41) is 5.77. The Morgan fingerprint density at radius 3 is 2.55 bits per heavy atom. The van der Waals surface area contributed by atoms with Crippen LogP contribution in [0.1, 0.15) is 10.4 Å². The second-order valence-corrected chi connectivity index (χ2v) is 6.00. The van der Waals surface area contributed by atoms with E-state index in [0.29, 0.717) is 10.7 Å². The van der Waals surface area contributed by atoms with Gasteiger partial charge in [-0.15, -0.1) is 0 Å². The number of aromatic nitrogens is 1. The number of thiazole rings is 1. The molecule has 0 bridgehead atoms. The van der Waals surface area contributed by atoms with Gasteiger partial charge in [0.15, 0.2) is 5.13 Å². The third-order valence-corrected chi connectivity index (χ3v) is 4.48. The maximum atomic E-state index is 12.2. The summed E-state index contributed by atoms with van der Waals surface area (Å²) < 4.78 is 1.07. The quantitative estimate of drug-likeness (QED) is 0.583. The normalized spacial score (nSPS) is 10.9. The Balaban J connectivity index is 1.74. The molecular weight excluding hydrogens is 292 g/mol. The number of rotatable bonds is 2. The highest BCUT2D eigenvalue weighted by molar-refractivity contribution is 7.22. The number of nitrogens with one attached hydrogen (secondary N) is 1. The summed E-state index contributed by atoms with van der Waals surface area (Å²) >= 11 is 1.49. The Morgan fingerprint density at radius 1 is 0.909 bits per heavy atom. The molecule has 0 spiro atoms. The van der Waals surface area contributed by atoms with Crippen LogP contribution in [-0.2, 0) is 0 Å². The maximum absolute atomic E-state index is 12.2. The molecule has 0 saturated heterocycles. The first-order chi connectivity index (χ1) is 10.8. The molecule has 106 valence electrons. The molecular formula is C18H12N2OS. The van der Waals surface area contributed by atoms with Crippen LogP contribution in [0.25, 0.3) is 21.0 Å². The number of benzene rings is 3. The number of carbonyl (C=O) groups is 1. The highest BCUT2D eigenvalue weighted by Crippen LogP contribution is 2.31. The van der Waals surface area contributed by atoms with Crippen LogP contribution in [0.3, 0.4) is 0 Å². The van der Waals surface area contributed by atoms with E-state index in [2.05, 4.69) is 28.5 Å². The minimum Gasteiger partial charge on any atom is -0.298 e. The Labute approximate surface area is 131 Å². The van der Waals surface area contributed by atoms with Gasteiger partial charge < -0.3 is 0 Å². The van der Waals surface area contributed by atoms with Gasteiger partial charge in [0, 0.05) is 10.9 Å². The second-order valence-electron chi connectivity index (χ2n) is 4.97. The van der Waals surface area contributed by atoms with Gasteiger partial charge in [-0.2, -0.15) is 0 Å². The predicted octanol–water partition coefficient (Wildman–Crippen LogP) is 4.70. The first-order valence-electron chi connectivity index (χ1n) is 6.96. The summed E-state index contributed by atoms with van der Waals surface area (Å²) in [5.41, 5.74) is 1.57. The van der Waals surface area contributed by atoms with Crippen LogP contribution in [0.15, 0.2) is 66.7 Å². The predicted molar refractivity (Wildman–Crippen MR) is 91.5 cm³/mol. The Kier molecular flexibility index (Phi) is 3.09. The van der Waals surface area contributed by atoms with E-state index in [4.69, 9.17) is 0 Å². The number of amides is 1. The molecule has 0 atom stereocenters. The van der Waals surface area contributed by atoms with Crippen LogP contribution >= 0.6 is 11.3 Å². The molecule has 1 N–H and O–H groups in total. The molecule has 22 heavy (non-hydrogen) atoms. The minimum atomic E-state index is -0.135. The molecule has 3 nitrogen and oxygen atoms in total. The van der Waals surface area contributed by atoms with Crippen LogP contribution in [0.2, 0.25) is 0 Å². The molecule has 4 rings (SSSR count). The van der Waals surface area contributed by atoms with Crippen molar-refractivity contribution >= 4 is 43.4 Å². The van der Waals surface area contributed by atoms with Crippen molar-refractivity contribution in [1.82, 2.24) is 4.98 Å². The van der Waals surface area contributed by atoms with Crippen molar-refractivity contribution < 1.29 is 4.79 Å². The highest BCUT2D eigenvalue weighted by Gasteiger charge is 2.11. The lowest BCUT2D eigenvalue weighted by molar-refractivity contribution is 0.102. The number of anilines is 1. The molecule has 1 heterocycles. The molecule has 4 heteroatoms. The third-order valence-electron chi connectivity index (χ3n) is 3.54. The summed E-state index contributed by atoms with van der Waals surface area (Å²) in [4.78, 5) is 16.8. The Bertz CT molecular complexity index is 976. The average molecular weight is 304 g/mol. The van der Waals surface area contributed by atoms with Gasteiger partial charge in [0.25, 0.3) is 5.91 Å². The highest BCUT2D eigenvalue weighted by atomic mass is 32.1. The Hall–Kier alpha value is -2.72. The molecule has 3 aromatic carbocycles. The van der Waals surface area contributed by atoms with Gasteiger partial charge in [-0.25, -0.2) is 4.98 Å². The van der Waals surface area contributed by atoms with Gasteiger partial charge in [0.2, 0.25) is 0 Å². The Morgan fingerprint density at radius 2 is 1.68 bits per heavy atom. The van der Waals surface area contributed by atoms with E-state index in [1.807, 2.05) is 36.4 Å². The molecule has 1 amide bonds. The van der Waals surface area contributed by atoms with E-state index in [0.717, 1.165) is 21.0 Å². The monoisotopic (exact) mass is 304 g/mol. The molecule has 4 aromatic rings. The first-order valence-corrected chi connectivity index (χ1v) is 7.77. The van der Waals surface area contributed by atoms with Crippen molar-refractivity contribution in [2.24, 2.45) is 0 Å². The number of hydrogen-bond donors (Lipinski definition) is 1. The molecule has 0 saturated carbocycles. The summed E-state index contributed by atoms with van der Waals surface area (Å²) in [5.74, 6) is -0.135. The van der Waals surface area contributed by atoms with E-state index in [1.54, 1.807) is 12.1 Å². The lowest BCUT2D eigenvalue weighted by Gasteiger charge is -2.00. The standard InChI is InChI=1S/C18H12N2OS/c21-17(13-7-2-1-3-8-13)20-18-19-16-14-9-5-4-6-12(14)10-11-15(16)22-18/h1-11H,(H,19,20,21). The molecule has 0 aliphatic carbocycles. The van der Waals surface area contributed by atoms with Gasteiger partial charge in [0.1, 0.15) is 0 Å². The van der Waals surface area contributed by atoms with E-state index in [-0.39, 0.29) is 5.91 Å². The second kappa shape index (κ2) is 5.24. The van der Waals surface area contributed by atoms with Crippen molar-refractivity contribution in [3.8, 4) is 0 Å². The molecule has 0 fully saturated rings. The van der Waals surface area contributed by atoms with E-state index < -0.39 is 0 Å². The molecule has 0 unspecified atom stereocenters. The fraction of sp³-hybridized carbons (Fsp3) is 0. The van der Waals surface area contributed by atoms with Gasteiger partial charge in [0.05, 0.1) is 10.2 Å². The number of fused-ring (bicyclic) bond motifs is 3. The van der Waals surface area contributed by atoms with Gasteiger partial charge in [-0.05, 0) is 23.6 Å². The van der Waals surface area contributed by atoms with Crippen LogP contribution in [0.4, 0.5) is 5.13 Å². The number of hydrogen-bond acceptors (Lipinski definition) is 3. The summed E-state index contributed by atoms with van der Waals surface area (Å²) in [6.07, 6.45) is 0. The fourth-order valence-electron chi connectivity index (χ4n) is 2.47. The van der Waals surface area contributed by atoms with E-state index in [1.165, 1.54) is 11.3 Å². The topological polar surface area (TPSA) is 42.0 Å².